The summed E-state index contributed by atoms with van der Waals surface area (Å²) in [6.45, 7) is -0.631. The van der Waals surface area contributed by atoms with Gasteiger partial charge < -0.3 is 10.5 Å². The summed E-state index contributed by atoms with van der Waals surface area (Å²) in [6.07, 6.45) is -4.26. The van der Waals surface area contributed by atoms with Crippen LogP contribution in [0, 0.1) is 0 Å². The van der Waals surface area contributed by atoms with Crippen LogP contribution in [0.2, 0.25) is 5.02 Å². The molecule has 1 rings (SSSR count). The Morgan fingerprint density at radius 2 is 2.05 bits per heavy atom. The van der Waals surface area contributed by atoms with Crippen molar-refractivity contribution in [1.29, 1.82) is 0 Å². The SMILES string of the molecule is COc1ccc(Cl)cc1CN(CCN)CC(F)(F)F. The van der Waals surface area contributed by atoms with Crippen molar-refractivity contribution < 1.29 is 17.9 Å². The fourth-order valence-electron chi connectivity index (χ4n) is 1.76. The molecule has 0 bridgehead atoms. The van der Waals surface area contributed by atoms with Gasteiger partial charge in [0.25, 0.3) is 0 Å². The van der Waals surface area contributed by atoms with E-state index in [4.69, 9.17) is 22.1 Å². The molecular formula is C12H16ClF3N2O. The van der Waals surface area contributed by atoms with Crippen LogP contribution in [0.3, 0.4) is 0 Å². The van der Waals surface area contributed by atoms with Crippen molar-refractivity contribution in [3.05, 3.63) is 28.8 Å². The summed E-state index contributed by atoms with van der Waals surface area (Å²) >= 11 is 5.85. The smallest absolute Gasteiger partial charge is 0.401 e. The van der Waals surface area contributed by atoms with Crippen molar-refractivity contribution in [1.82, 2.24) is 4.90 Å². The molecule has 7 heteroatoms. The summed E-state index contributed by atoms with van der Waals surface area (Å²) in [5.41, 5.74) is 5.94. The van der Waals surface area contributed by atoms with E-state index in [1.54, 1.807) is 18.2 Å². The summed E-state index contributed by atoms with van der Waals surface area (Å²) in [5, 5.41) is 0.454. The van der Waals surface area contributed by atoms with Gasteiger partial charge in [-0.3, -0.25) is 4.90 Å². The molecule has 1 aromatic rings. The Morgan fingerprint density at radius 1 is 1.37 bits per heavy atom. The van der Waals surface area contributed by atoms with E-state index in [-0.39, 0.29) is 19.6 Å². The molecule has 0 spiro atoms. The van der Waals surface area contributed by atoms with E-state index in [2.05, 4.69) is 0 Å². The summed E-state index contributed by atoms with van der Waals surface area (Å²) in [6, 6.07) is 4.85. The van der Waals surface area contributed by atoms with Crippen LogP contribution in [0.5, 0.6) is 5.75 Å². The lowest BCUT2D eigenvalue weighted by atomic mass is 10.2. The van der Waals surface area contributed by atoms with Gasteiger partial charge in [0, 0.05) is 30.2 Å². The molecule has 0 aromatic heterocycles. The maximum absolute atomic E-state index is 12.5. The highest BCUT2D eigenvalue weighted by molar-refractivity contribution is 6.30. The van der Waals surface area contributed by atoms with E-state index in [1.807, 2.05) is 0 Å². The lowest BCUT2D eigenvalue weighted by Crippen LogP contribution is -2.37. The lowest BCUT2D eigenvalue weighted by molar-refractivity contribution is -0.146. The van der Waals surface area contributed by atoms with Crippen LogP contribution in [0.15, 0.2) is 18.2 Å². The Hall–Kier alpha value is -0.980. The first-order valence-electron chi connectivity index (χ1n) is 5.67. The Labute approximate surface area is 115 Å². The Bertz CT molecular complexity index is 412. The summed E-state index contributed by atoms with van der Waals surface area (Å²) in [4.78, 5) is 1.22. The van der Waals surface area contributed by atoms with Crippen LogP contribution in [-0.4, -0.2) is 37.8 Å². The van der Waals surface area contributed by atoms with Gasteiger partial charge in [-0.15, -0.1) is 0 Å². The van der Waals surface area contributed by atoms with Crippen LogP contribution in [0.1, 0.15) is 5.56 Å². The number of nitrogens with two attached hydrogens (primary N) is 1. The first kappa shape index (κ1) is 16.1. The Morgan fingerprint density at radius 3 is 2.58 bits per heavy atom. The number of rotatable bonds is 6. The molecule has 0 radical (unpaired) electrons. The predicted octanol–water partition coefficient (Wildman–Crippen LogP) is 2.67. The third-order valence-electron chi connectivity index (χ3n) is 2.48. The van der Waals surface area contributed by atoms with E-state index in [1.165, 1.54) is 12.0 Å². The topological polar surface area (TPSA) is 38.5 Å². The minimum Gasteiger partial charge on any atom is -0.496 e. The van der Waals surface area contributed by atoms with Gasteiger partial charge in [-0.05, 0) is 18.2 Å². The summed E-state index contributed by atoms with van der Waals surface area (Å²) in [5.74, 6) is 0.508. The fourth-order valence-corrected chi connectivity index (χ4v) is 1.96. The van der Waals surface area contributed by atoms with E-state index in [0.717, 1.165) is 0 Å². The van der Waals surface area contributed by atoms with E-state index in [9.17, 15) is 13.2 Å². The van der Waals surface area contributed by atoms with Gasteiger partial charge in [0.05, 0.1) is 13.7 Å². The normalized spacial score (nSPS) is 11.9. The average Bonchev–Trinajstić information content (AvgIpc) is 2.27. The third kappa shape index (κ3) is 5.67. The first-order chi connectivity index (χ1) is 8.85. The number of benzene rings is 1. The van der Waals surface area contributed by atoms with Crippen molar-refractivity contribution in [2.45, 2.75) is 12.7 Å². The van der Waals surface area contributed by atoms with Gasteiger partial charge >= 0.3 is 6.18 Å². The van der Waals surface area contributed by atoms with Crippen molar-refractivity contribution in [2.24, 2.45) is 5.73 Å². The molecule has 0 saturated heterocycles. The monoisotopic (exact) mass is 296 g/mol. The zero-order chi connectivity index (χ0) is 14.5. The quantitative estimate of drug-likeness (QED) is 0.877. The maximum Gasteiger partial charge on any atom is 0.401 e. The highest BCUT2D eigenvalue weighted by Gasteiger charge is 2.30. The summed E-state index contributed by atoms with van der Waals surface area (Å²) < 4.78 is 42.5. The molecule has 2 N–H and O–H groups in total. The second kappa shape index (κ2) is 6.98. The van der Waals surface area contributed by atoms with Gasteiger partial charge in [-0.1, -0.05) is 11.6 Å². The highest BCUT2D eigenvalue weighted by Crippen LogP contribution is 2.25. The largest absolute Gasteiger partial charge is 0.496 e. The lowest BCUT2D eigenvalue weighted by Gasteiger charge is -2.24. The molecule has 19 heavy (non-hydrogen) atoms. The molecule has 0 amide bonds. The number of halogens is 4. The number of methoxy groups -OCH3 is 1. The number of hydrogen-bond donors (Lipinski definition) is 1. The van der Waals surface area contributed by atoms with Gasteiger partial charge in [-0.2, -0.15) is 13.2 Å². The van der Waals surface area contributed by atoms with Crippen LogP contribution < -0.4 is 10.5 Å². The fraction of sp³-hybridized carbons (Fsp3) is 0.500. The highest BCUT2D eigenvalue weighted by atomic mass is 35.5. The van der Waals surface area contributed by atoms with Crippen LogP contribution >= 0.6 is 11.6 Å². The molecule has 0 atom stereocenters. The van der Waals surface area contributed by atoms with Gasteiger partial charge in [0.15, 0.2) is 0 Å². The van der Waals surface area contributed by atoms with Gasteiger partial charge in [-0.25, -0.2) is 0 Å². The van der Waals surface area contributed by atoms with Crippen molar-refractivity contribution in [3.8, 4) is 5.75 Å². The molecule has 0 aliphatic carbocycles. The summed E-state index contributed by atoms with van der Waals surface area (Å²) in [7, 11) is 1.46. The van der Waals surface area contributed by atoms with Crippen molar-refractivity contribution in [2.75, 3.05) is 26.7 Å². The molecule has 0 unspecified atom stereocenters. The van der Waals surface area contributed by atoms with Crippen molar-refractivity contribution in [3.63, 3.8) is 0 Å². The molecule has 0 heterocycles. The maximum atomic E-state index is 12.5. The number of alkyl halides is 3. The van der Waals surface area contributed by atoms with E-state index < -0.39 is 12.7 Å². The third-order valence-corrected chi connectivity index (χ3v) is 2.72. The molecule has 0 aliphatic heterocycles. The zero-order valence-electron chi connectivity index (χ0n) is 10.5. The van der Waals surface area contributed by atoms with Crippen LogP contribution in [-0.2, 0) is 6.54 Å². The minimum absolute atomic E-state index is 0.0838. The average molecular weight is 297 g/mol. The van der Waals surface area contributed by atoms with Gasteiger partial charge in [0.2, 0.25) is 0 Å². The van der Waals surface area contributed by atoms with E-state index >= 15 is 0 Å². The Kier molecular flexibility index (Phi) is 5.90. The number of nitrogens with zero attached hydrogens (tertiary/aromatic N) is 1. The zero-order valence-corrected chi connectivity index (χ0v) is 11.3. The minimum atomic E-state index is -4.26. The second-order valence-electron chi connectivity index (χ2n) is 4.07. The molecular weight excluding hydrogens is 281 g/mol. The number of ether oxygens (including phenoxy) is 1. The van der Waals surface area contributed by atoms with Crippen LogP contribution in [0.4, 0.5) is 13.2 Å². The van der Waals surface area contributed by atoms with Gasteiger partial charge in [0.1, 0.15) is 5.75 Å². The molecule has 0 fully saturated rings. The van der Waals surface area contributed by atoms with Crippen LogP contribution in [0.25, 0.3) is 0 Å². The molecule has 1 aromatic carbocycles. The molecule has 108 valence electrons. The standard InChI is InChI=1S/C12H16ClF3N2O/c1-19-11-3-2-10(13)6-9(11)7-18(5-4-17)8-12(14,15)16/h2-3,6H,4-5,7-8,17H2,1H3. The predicted molar refractivity (Wildman–Crippen MR) is 68.4 cm³/mol. The Balaban J connectivity index is 2.86. The first-order valence-corrected chi connectivity index (χ1v) is 6.05. The molecule has 0 saturated carbocycles. The van der Waals surface area contributed by atoms with E-state index in [0.29, 0.717) is 16.3 Å². The second-order valence-corrected chi connectivity index (χ2v) is 4.51. The van der Waals surface area contributed by atoms with Crippen molar-refractivity contribution >= 4 is 11.6 Å². The molecule has 3 nitrogen and oxygen atoms in total. The number of hydrogen-bond acceptors (Lipinski definition) is 3. The molecule has 0 aliphatic rings.